The van der Waals surface area contributed by atoms with E-state index >= 15 is 0 Å². The summed E-state index contributed by atoms with van der Waals surface area (Å²) in [5.41, 5.74) is 2.26. The first-order valence-corrected chi connectivity index (χ1v) is 8.89. The third-order valence-electron chi connectivity index (χ3n) is 6.58. The monoisotopic (exact) mass is 332 g/mol. The second-order valence-corrected chi connectivity index (χ2v) is 7.73. The first kappa shape index (κ1) is 17.3. The minimum Gasteiger partial charge on any atom is -0.469 e. The second kappa shape index (κ2) is 6.07. The Morgan fingerprint density at radius 3 is 2.83 bits per heavy atom. The number of rotatable bonds is 2. The Morgan fingerprint density at radius 1 is 1.46 bits per heavy atom. The van der Waals surface area contributed by atoms with Gasteiger partial charge in [-0.1, -0.05) is 19.9 Å². The summed E-state index contributed by atoms with van der Waals surface area (Å²) >= 11 is 0. The maximum Gasteiger partial charge on any atom is 0.333 e. The molecule has 1 heterocycles. The highest BCUT2D eigenvalue weighted by atomic mass is 16.5. The van der Waals surface area contributed by atoms with Gasteiger partial charge in [-0.05, 0) is 45.1 Å². The van der Waals surface area contributed by atoms with Gasteiger partial charge in [-0.2, -0.15) is 0 Å². The fourth-order valence-electron chi connectivity index (χ4n) is 4.55. The van der Waals surface area contributed by atoms with Gasteiger partial charge in [-0.3, -0.25) is 0 Å². The third-order valence-corrected chi connectivity index (χ3v) is 6.58. The normalized spacial score (nSPS) is 36.0. The molecule has 3 rings (SSSR count). The number of carbonyl (C=O) groups excluding carboxylic acids is 1. The van der Waals surface area contributed by atoms with Crippen molar-refractivity contribution in [3.63, 3.8) is 0 Å². The zero-order valence-corrected chi connectivity index (χ0v) is 15.3. The van der Waals surface area contributed by atoms with Crippen molar-refractivity contribution >= 4 is 5.97 Å². The summed E-state index contributed by atoms with van der Waals surface area (Å²) in [6.45, 7) is 9.94. The maximum atomic E-state index is 12.3. The molecule has 4 nitrogen and oxygen atoms in total. The van der Waals surface area contributed by atoms with E-state index in [0.29, 0.717) is 17.9 Å². The number of fused-ring (bicyclic) bond motifs is 2. The van der Waals surface area contributed by atoms with Crippen LogP contribution >= 0.6 is 0 Å². The van der Waals surface area contributed by atoms with E-state index < -0.39 is 6.10 Å². The van der Waals surface area contributed by atoms with E-state index in [2.05, 4.69) is 13.8 Å². The number of allylic oxidation sites excluding steroid dienone is 1. The molecule has 0 saturated heterocycles. The van der Waals surface area contributed by atoms with Crippen LogP contribution in [-0.4, -0.2) is 17.2 Å². The Balaban J connectivity index is 1.96. The van der Waals surface area contributed by atoms with E-state index in [1.807, 2.05) is 13.8 Å². The lowest BCUT2D eigenvalue weighted by atomic mass is 9.53. The largest absolute Gasteiger partial charge is 0.469 e. The molecule has 1 fully saturated rings. The van der Waals surface area contributed by atoms with E-state index in [9.17, 15) is 9.90 Å². The summed E-state index contributed by atoms with van der Waals surface area (Å²) < 4.78 is 11.5. The Bertz CT molecular complexity index is 671. The van der Waals surface area contributed by atoms with Gasteiger partial charge >= 0.3 is 5.97 Å². The topological polar surface area (TPSA) is 59.7 Å². The minimum absolute atomic E-state index is 0.0721. The minimum atomic E-state index is -0.579. The van der Waals surface area contributed by atoms with E-state index in [-0.39, 0.29) is 23.4 Å². The fourth-order valence-corrected chi connectivity index (χ4v) is 4.55. The van der Waals surface area contributed by atoms with E-state index in [0.717, 1.165) is 29.7 Å². The van der Waals surface area contributed by atoms with Crippen LogP contribution in [0.5, 0.6) is 0 Å². The van der Waals surface area contributed by atoms with Crippen molar-refractivity contribution in [2.75, 3.05) is 0 Å². The highest BCUT2D eigenvalue weighted by Crippen LogP contribution is 2.58. The van der Waals surface area contributed by atoms with Crippen LogP contribution in [0.25, 0.3) is 0 Å². The lowest BCUT2D eigenvalue weighted by molar-refractivity contribution is -0.170. The summed E-state index contributed by atoms with van der Waals surface area (Å²) in [5.74, 6) is 1.02. The van der Waals surface area contributed by atoms with E-state index in [1.54, 1.807) is 19.3 Å². The smallest absolute Gasteiger partial charge is 0.333 e. The lowest BCUT2D eigenvalue weighted by Gasteiger charge is -2.54. The maximum absolute atomic E-state index is 12.3. The molecular weight excluding hydrogens is 304 g/mol. The van der Waals surface area contributed by atoms with Gasteiger partial charge in [-0.25, -0.2) is 4.79 Å². The molecule has 24 heavy (non-hydrogen) atoms. The van der Waals surface area contributed by atoms with Crippen LogP contribution in [0.1, 0.15) is 63.5 Å². The van der Waals surface area contributed by atoms with Gasteiger partial charge < -0.3 is 14.3 Å². The van der Waals surface area contributed by atoms with Gasteiger partial charge in [0, 0.05) is 28.9 Å². The average Bonchev–Trinajstić information content (AvgIpc) is 2.93. The molecule has 5 atom stereocenters. The number of aryl methyl sites for hydroxylation is 1. The number of hydrogen-bond acceptors (Lipinski definition) is 4. The van der Waals surface area contributed by atoms with Crippen LogP contribution in [0.2, 0.25) is 0 Å². The van der Waals surface area contributed by atoms with Crippen molar-refractivity contribution in [1.29, 1.82) is 0 Å². The lowest BCUT2D eigenvalue weighted by Crippen LogP contribution is -2.53. The molecule has 1 saturated carbocycles. The Kier molecular flexibility index (Phi) is 4.37. The summed E-state index contributed by atoms with van der Waals surface area (Å²) in [7, 11) is 0. The van der Waals surface area contributed by atoms with Crippen LogP contribution in [0, 0.1) is 24.2 Å². The van der Waals surface area contributed by atoms with Crippen molar-refractivity contribution in [2.24, 2.45) is 17.3 Å². The van der Waals surface area contributed by atoms with Crippen LogP contribution < -0.4 is 0 Å². The molecule has 0 radical (unpaired) electrons. The van der Waals surface area contributed by atoms with Gasteiger partial charge in [-0.15, -0.1) is 0 Å². The number of ether oxygens (including phenoxy) is 1. The molecule has 2 aliphatic rings. The molecule has 1 N–H and O–H groups in total. The van der Waals surface area contributed by atoms with Crippen LogP contribution in [0.4, 0.5) is 0 Å². The van der Waals surface area contributed by atoms with Gasteiger partial charge in [0.2, 0.25) is 0 Å². The second-order valence-electron chi connectivity index (χ2n) is 7.73. The Hall–Kier alpha value is -1.55. The predicted molar refractivity (Wildman–Crippen MR) is 91.4 cm³/mol. The van der Waals surface area contributed by atoms with Crippen LogP contribution in [-0.2, 0) is 16.0 Å². The molecule has 0 aromatic carbocycles. The van der Waals surface area contributed by atoms with Crippen molar-refractivity contribution in [2.45, 2.75) is 66.1 Å². The predicted octanol–water partition coefficient (Wildman–Crippen LogP) is 4.11. The number of hydrogen-bond donors (Lipinski definition) is 1. The molecule has 0 amide bonds. The van der Waals surface area contributed by atoms with Crippen LogP contribution in [0.15, 0.2) is 22.3 Å². The van der Waals surface area contributed by atoms with E-state index in [1.165, 1.54) is 0 Å². The molecule has 0 bridgehead atoms. The highest BCUT2D eigenvalue weighted by molar-refractivity contribution is 5.87. The van der Waals surface area contributed by atoms with E-state index in [4.69, 9.17) is 9.15 Å². The fraction of sp³-hybridized carbons (Fsp3) is 0.650. The van der Waals surface area contributed by atoms with Gasteiger partial charge in [0.1, 0.15) is 11.9 Å². The number of aliphatic hydroxyl groups excluding tert-OH is 1. The molecule has 0 spiro atoms. The first-order valence-electron chi connectivity index (χ1n) is 8.89. The summed E-state index contributed by atoms with van der Waals surface area (Å²) in [5, 5.41) is 11.2. The molecular formula is C20H28O4. The SMILES string of the molecule is CC=C(C)C(=O)OC1CCC(C)C2(C)C(O)c3c(C)coc3CC12. The quantitative estimate of drug-likeness (QED) is 0.654. The number of carbonyl (C=O) groups is 1. The molecule has 5 unspecified atom stereocenters. The van der Waals surface area contributed by atoms with Gasteiger partial charge in [0.25, 0.3) is 0 Å². The van der Waals surface area contributed by atoms with Crippen molar-refractivity contribution < 1.29 is 19.1 Å². The van der Waals surface area contributed by atoms with Crippen LogP contribution in [0.3, 0.4) is 0 Å². The zero-order valence-electron chi connectivity index (χ0n) is 15.3. The standard InChI is InChI=1S/C20H28O4/c1-6-11(2)19(22)24-15-8-7-13(4)20(5)14(15)9-16-17(18(20)21)12(3)10-23-16/h6,10,13-15,18,21H,7-9H2,1-5H3. The van der Waals surface area contributed by atoms with Crippen molar-refractivity contribution in [3.8, 4) is 0 Å². The molecule has 1 aromatic heterocycles. The van der Waals surface area contributed by atoms with Gasteiger partial charge in [0.05, 0.1) is 12.4 Å². The molecule has 4 heteroatoms. The Morgan fingerprint density at radius 2 is 2.17 bits per heavy atom. The first-order chi connectivity index (χ1) is 11.3. The van der Waals surface area contributed by atoms with Crippen molar-refractivity contribution in [1.82, 2.24) is 0 Å². The average molecular weight is 332 g/mol. The highest BCUT2D eigenvalue weighted by Gasteiger charge is 2.56. The third kappa shape index (κ3) is 2.43. The number of aliphatic hydroxyl groups is 1. The van der Waals surface area contributed by atoms with Crippen molar-refractivity contribution in [3.05, 3.63) is 34.8 Å². The summed E-state index contributed by atoms with van der Waals surface area (Å²) in [4.78, 5) is 12.3. The molecule has 1 aromatic rings. The molecule has 2 aliphatic carbocycles. The number of furan rings is 1. The number of esters is 1. The zero-order chi connectivity index (χ0) is 17.6. The molecule has 132 valence electrons. The molecule has 0 aliphatic heterocycles. The van der Waals surface area contributed by atoms with Gasteiger partial charge in [0.15, 0.2) is 0 Å². The summed E-state index contributed by atoms with van der Waals surface area (Å²) in [6.07, 6.45) is 5.25. The Labute approximate surface area is 143 Å². The summed E-state index contributed by atoms with van der Waals surface area (Å²) in [6, 6.07) is 0.